The maximum Gasteiger partial charge on any atom is 0.137 e. The molecule has 0 aliphatic heterocycles. The number of hydrogen-bond acceptors (Lipinski definition) is 1. The Morgan fingerprint density at radius 1 is 1.53 bits per heavy atom. The Morgan fingerprint density at radius 2 is 2.18 bits per heavy atom. The van der Waals surface area contributed by atoms with E-state index in [9.17, 15) is 4.39 Å². The van der Waals surface area contributed by atoms with Gasteiger partial charge >= 0.3 is 0 Å². The van der Waals surface area contributed by atoms with E-state index in [1.54, 1.807) is 0 Å². The summed E-state index contributed by atoms with van der Waals surface area (Å²) in [6.45, 7) is 7.77. The molecule has 1 aromatic rings. The fourth-order valence-electron chi connectivity index (χ4n) is 2.14. The molecule has 1 aliphatic carbocycles. The molecule has 0 aromatic heterocycles. The van der Waals surface area contributed by atoms with Crippen LogP contribution in [0.4, 0.5) is 4.39 Å². The summed E-state index contributed by atoms with van der Waals surface area (Å²) in [5, 5.41) is 3.52. The zero-order valence-corrected chi connectivity index (χ0v) is 12.1. The number of halogens is 2. The van der Waals surface area contributed by atoms with Crippen molar-refractivity contribution >= 4 is 15.9 Å². The molecule has 0 bridgehead atoms. The Kier molecular flexibility index (Phi) is 3.60. The third kappa shape index (κ3) is 3.08. The topological polar surface area (TPSA) is 12.0 Å². The minimum Gasteiger partial charge on any atom is -0.310 e. The van der Waals surface area contributed by atoms with Crippen LogP contribution in [0.25, 0.3) is 0 Å². The first-order chi connectivity index (χ1) is 7.90. The Bertz CT molecular complexity index is 417. The smallest absolute Gasteiger partial charge is 0.137 e. The number of hydrogen-bond donors (Lipinski definition) is 1. The van der Waals surface area contributed by atoms with Crippen molar-refractivity contribution < 1.29 is 4.39 Å². The summed E-state index contributed by atoms with van der Waals surface area (Å²) in [6, 6.07) is 5.47. The molecule has 2 atom stereocenters. The van der Waals surface area contributed by atoms with E-state index in [1.165, 1.54) is 12.5 Å². The van der Waals surface area contributed by atoms with Crippen molar-refractivity contribution in [3.63, 3.8) is 0 Å². The molecule has 0 spiro atoms. The molecular formula is C14H19BrFN. The van der Waals surface area contributed by atoms with E-state index in [-0.39, 0.29) is 11.9 Å². The Hall–Kier alpha value is -0.410. The number of nitrogens with one attached hydrogen (secondary N) is 1. The van der Waals surface area contributed by atoms with Crippen LogP contribution in [0.2, 0.25) is 0 Å². The molecule has 2 rings (SSSR count). The Morgan fingerprint density at radius 3 is 2.71 bits per heavy atom. The molecule has 0 radical (unpaired) electrons. The second-order valence-electron chi connectivity index (χ2n) is 5.69. The predicted octanol–water partition coefficient (Wildman–Crippen LogP) is 4.28. The standard InChI is InChI=1S/C14H19BrFN/c1-9(17-8-11-7-14(11,2)3)10-4-5-13(16)12(15)6-10/h4-6,9,11,17H,7-8H2,1-3H3. The molecule has 1 N–H and O–H groups in total. The Labute approximate surface area is 111 Å². The van der Waals surface area contributed by atoms with Gasteiger partial charge in [-0.15, -0.1) is 0 Å². The molecule has 94 valence electrons. The van der Waals surface area contributed by atoms with Crippen LogP contribution in [0, 0.1) is 17.2 Å². The van der Waals surface area contributed by atoms with E-state index in [2.05, 4.69) is 42.0 Å². The van der Waals surface area contributed by atoms with E-state index in [1.807, 2.05) is 12.1 Å². The fraction of sp³-hybridized carbons (Fsp3) is 0.571. The minimum atomic E-state index is -0.204. The van der Waals surface area contributed by atoms with Gasteiger partial charge in [0.05, 0.1) is 4.47 Å². The second kappa shape index (κ2) is 4.69. The zero-order valence-electron chi connectivity index (χ0n) is 10.6. The lowest BCUT2D eigenvalue weighted by molar-refractivity contribution is 0.484. The van der Waals surface area contributed by atoms with Crippen molar-refractivity contribution in [2.45, 2.75) is 33.2 Å². The van der Waals surface area contributed by atoms with E-state index >= 15 is 0 Å². The highest BCUT2D eigenvalue weighted by atomic mass is 79.9. The second-order valence-corrected chi connectivity index (χ2v) is 6.55. The lowest BCUT2D eigenvalue weighted by Crippen LogP contribution is -2.22. The lowest BCUT2D eigenvalue weighted by Gasteiger charge is -2.15. The van der Waals surface area contributed by atoms with Gasteiger partial charge in [0.15, 0.2) is 0 Å². The molecule has 1 aliphatic rings. The van der Waals surface area contributed by atoms with Crippen molar-refractivity contribution in [3.05, 3.63) is 34.1 Å². The summed E-state index contributed by atoms with van der Waals surface area (Å²) in [5.41, 5.74) is 1.63. The third-order valence-electron chi connectivity index (χ3n) is 3.83. The normalized spacial score (nSPS) is 23.5. The van der Waals surface area contributed by atoms with Gasteiger partial charge in [0.1, 0.15) is 5.82 Å². The van der Waals surface area contributed by atoms with Gasteiger partial charge in [0.2, 0.25) is 0 Å². The summed E-state index contributed by atoms with van der Waals surface area (Å²) in [4.78, 5) is 0. The van der Waals surface area contributed by atoms with Gasteiger partial charge in [-0.25, -0.2) is 4.39 Å². The average molecular weight is 300 g/mol. The van der Waals surface area contributed by atoms with Gasteiger partial charge < -0.3 is 5.32 Å². The average Bonchev–Trinajstić information content (AvgIpc) is 2.87. The first kappa shape index (κ1) is 13.0. The van der Waals surface area contributed by atoms with Crippen molar-refractivity contribution in [2.24, 2.45) is 11.3 Å². The van der Waals surface area contributed by atoms with Crippen LogP contribution in [0.1, 0.15) is 38.8 Å². The molecule has 2 unspecified atom stereocenters. The van der Waals surface area contributed by atoms with Gasteiger partial charge in [0.25, 0.3) is 0 Å². The largest absolute Gasteiger partial charge is 0.310 e. The van der Waals surface area contributed by atoms with Crippen molar-refractivity contribution in [3.8, 4) is 0 Å². The van der Waals surface area contributed by atoms with Crippen LogP contribution in [0.15, 0.2) is 22.7 Å². The highest BCUT2D eigenvalue weighted by Gasteiger charge is 2.44. The van der Waals surface area contributed by atoms with Crippen LogP contribution in [-0.4, -0.2) is 6.54 Å². The van der Waals surface area contributed by atoms with E-state index < -0.39 is 0 Å². The molecule has 0 saturated heterocycles. The number of benzene rings is 1. The third-order valence-corrected chi connectivity index (χ3v) is 4.44. The van der Waals surface area contributed by atoms with Crippen LogP contribution in [0.3, 0.4) is 0 Å². The van der Waals surface area contributed by atoms with Crippen LogP contribution in [0.5, 0.6) is 0 Å². The first-order valence-corrected chi connectivity index (χ1v) is 6.88. The molecule has 1 fully saturated rings. The minimum absolute atomic E-state index is 0.204. The van der Waals surface area contributed by atoms with Gasteiger partial charge in [0, 0.05) is 6.04 Å². The van der Waals surface area contributed by atoms with Crippen LogP contribution >= 0.6 is 15.9 Å². The van der Waals surface area contributed by atoms with Crippen molar-refractivity contribution in [1.29, 1.82) is 0 Å². The first-order valence-electron chi connectivity index (χ1n) is 6.08. The molecule has 17 heavy (non-hydrogen) atoms. The maximum atomic E-state index is 13.1. The maximum absolute atomic E-state index is 13.1. The molecule has 1 aromatic carbocycles. The van der Waals surface area contributed by atoms with Gasteiger partial charge in [-0.2, -0.15) is 0 Å². The highest BCUT2D eigenvalue weighted by molar-refractivity contribution is 9.10. The highest BCUT2D eigenvalue weighted by Crippen LogP contribution is 2.51. The van der Waals surface area contributed by atoms with Crippen molar-refractivity contribution in [2.75, 3.05) is 6.54 Å². The zero-order chi connectivity index (χ0) is 12.6. The summed E-state index contributed by atoms with van der Waals surface area (Å²) in [7, 11) is 0. The fourth-order valence-corrected chi connectivity index (χ4v) is 2.54. The van der Waals surface area contributed by atoms with Gasteiger partial charge in [-0.3, -0.25) is 0 Å². The summed E-state index contributed by atoms with van der Waals surface area (Å²) < 4.78 is 13.7. The molecule has 3 heteroatoms. The predicted molar refractivity (Wildman–Crippen MR) is 72.4 cm³/mol. The van der Waals surface area contributed by atoms with Crippen LogP contribution in [-0.2, 0) is 0 Å². The lowest BCUT2D eigenvalue weighted by atomic mass is 10.1. The summed E-state index contributed by atoms with van der Waals surface area (Å²) in [5.74, 6) is 0.582. The SMILES string of the molecule is CC(NCC1CC1(C)C)c1ccc(F)c(Br)c1. The Balaban J connectivity index is 1.91. The monoisotopic (exact) mass is 299 g/mol. The van der Waals surface area contributed by atoms with E-state index in [0.717, 1.165) is 18.0 Å². The summed E-state index contributed by atoms with van der Waals surface area (Å²) >= 11 is 3.22. The molecule has 1 nitrogen and oxygen atoms in total. The van der Waals surface area contributed by atoms with Gasteiger partial charge in [-0.05, 0) is 64.8 Å². The molecule has 0 amide bonds. The molecule has 1 saturated carbocycles. The van der Waals surface area contributed by atoms with Gasteiger partial charge in [-0.1, -0.05) is 19.9 Å². The number of rotatable bonds is 4. The quantitative estimate of drug-likeness (QED) is 0.875. The van der Waals surface area contributed by atoms with E-state index in [0.29, 0.717) is 9.89 Å². The van der Waals surface area contributed by atoms with Crippen molar-refractivity contribution in [1.82, 2.24) is 5.32 Å². The van der Waals surface area contributed by atoms with E-state index in [4.69, 9.17) is 0 Å². The molecular weight excluding hydrogens is 281 g/mol. The summed E-state index contributed by atoms with van der Waals surface area (Å²) in [6.07, 6.45) is 1.31. The van der Waals surface area contributed by atoms with Crippen LogP contribution < -0.4 is 5.32 Å². The molecule has 0 heterocycles.